The number of hydrogen-bond acceptors (Lipinski definition) is 14. The number of esters is 6. The highest BCUT2D eigenvalue weighted by molar-refractivity contribution is 14.1. The predicted octanol–water partition coefficient (Wildman–Crippen LogP) is 6.03. The van der Waals surface area contributed by atoms with Gasteiger partial charge < -0.3 is 37.9 Å². The van der Waals surface area contributed by atoms with E-state index in [2.05, 4.69) is 0 Å². The Morgan fingerprint density at radius 2 is 1.04 bits per heavy atom. The molecule has 3 rings (SSSR count). The van der Waals surface area contributed by atoms with E-state index in [-0.39, 0.29) is 0 Å². The van der Waals surface area contributed by atoms with Crippen molar-refractivity contribution in [3.63, 3.8) is 0 Å². The normalized spacial score (nSPS) is 30.3. The van der Waals surface area contributed by atoms with Crippen molar-refractivity contribution in [1.82, 2.24) is 0 Å². The van der Waals surface area contributed by atoms with E-state index in [1.807, 2.05) is 22.6 Å². The van der Waals surface area contributed by atoms with Gasteiger partial charge in [0.15, 0.2) is 18.3 Å². The molecule has 10 atom stereocenters. The standard InChI is InChI=1S/C40H61IO14/c1-19-17-20(50-32(44)37(5,6)7)23-22(19)29(54-28(42)24(23)41)55-30-27(53-35(47)40(14,15)16)26(52-34(46)39(11,12)13)25(51-33(45)38(8,9)10)21(49-30)18-48-31(43)36(2,3)4/h17,20-27,29-30H,18H2,1-16H3/t20-,21-,22-,23+,24?,25-,26+,27-,29+,30+/m1/s1. The summed E-state index contributed by atoms with van der Waals surface area (Å²) in [7, 11) is 0. The van der Waals surface area contributed by atoms with Crippen LogP contribution in [0, 0.1) is 38.9 Å². The number of halogens is 1. The van der Waals surface area contributed by atoms with Crippen LogP contribution in [0.1, 0.15) is 111 Å². The van der Waals surface area contributed by atoms with E-state index >= 15 is 0 Å². The first-order valence-corrected chi connectivity index (χ1v) is 19.8. The largest absolute Gasteiger partial charge is 0.462 e. The summed E-state index contributed by atoms with van der Waals surface area (Å²) in [6, 6.07) is 0. The zero-order valence-corrected chi connectivity index (χ0v) is 37.3. The Morgan fingerprint density at radius 3 is 1.49 bits per heavy atom. The number of fused-ring (bicyclic) bond motifs is 1. The Morgan fingerprint density at radius 1 is 0.618 bits per heavy atom. The van der Waals surface area contributed by atoms with Gasteiger partial charge in [-0.25, -0.2) is 0 Å². The van der Waals surface area contributed by atoms with Crippen molar-refractivity contribution in [3.05, 3.63) is 11.6 Å². The van der Waals surface area contributed by atoms with Crippen LogP contribution in [0.4, 0.5) is 0 Å². The average molecular weight is 893 g/mol. The maximum atomic E-state index is 13.7. The number of ether oxygens (including phenoxy) is 8. The first-order chi connectivity index (χ1) is 24.7. The van der Waals surface area contributed by atoms with E-state index in [0.717, 1.165) is 0 Å². The zero-order chi connectivity index (χ0) is 42.4. The van der Waals surface area contributed by atoms with Gasteiger partial charge in [0.25, 0.3) is 0 Å². The van der Waals surface area contributed by atoms with Crippen LogP contribution in [0.15, 0.2) is 11.6 Å². The van der Waals surface area contributed by atoms with Gasteiger partial charge in [0.05, 0.1) is 33.0 Å². The molecule has 0 aromatic heterocycles. The van der Waals surface area contributed by atoms with E-state index < -0.39 is 128 Å². The fourth-order valence-corrected chi connectivity index (χ4v) is 6.60. The summed E-state index contributed by atoms with van der Waals surface area (Å²) < 4.78 is 47.8. The van der Waals surface area contributed by atoms with Gasteiger partial charge in [-0.15, -0.1) is 0 Å². The molecule has 0 spiro atoms. The lowest BCUT2D eigenvalue weighted by Crippen LogP contribution is -2.65. The molecule has 0 aromatic carbocycles. The second-order valence-corrected chi connectivity index (χ2v) is 21.1. The van der Waals surface area contributed by atoms with E-state index in [1.54, 1.807) is 117 Å². The van der Waals surface area contributed by atoms with Gasteiger partial charge in [-0.05, 0) is 117 Å². The SMILES string of the molecule is CC1=C[C@@H](OC(=O)C(C)(C)C)[C@@H]2C(I)C(=O)O[C@@H](O[C@@H]3O[C@H](COC(=O)C(C)(C)C)[C@@H](OC(=O)C(C)(C)C)[C@H](OC(=O)C(C)(C)C)[C@H]3OC(=O)C(C)(C)C)[C@H]12. The third-order valence-electron chi connectivity index (χ3n) is 9.11. The molecule has 0 amide bonds. The molecule has 2 fully saturated rings. The predicted molar refractivity (Wildman–Crippen MR) is 206 cm³/mol. The Bertz CT molecular complexity index is 1520. The molecule has 55 heavy (non-hydrogen) atoms. The summed E-state index contributed by atoms with van der Waals surface area (Å²) in [5.74, 6) is -5.12. The minimum Gasteiger partial charge on any atom is -0.462 e. The molecule has 0 N–H and O–H groups in total. The monoisotopic (exact) mass is 892 g/mol. The number of rotatable bonds is 8. The summed E-state index contributed by atoms with van der Waals surface area (Å²) in [6.07, 6.45) is -8.01. The third kappa shape index (κ3) is 11.4. The van der Waals surface area contributed by atoms with E-state index in [9.17, 15) is 28.8 Å². The summed E-state index contributed by atoms with van der Waals surface area (Å²) >= 11 is 1.96. The molecule has 0 aromatic rings. The molecule has 14 nitrogen and oxygen atoms in total. The maximum Gasteiger partial charge on any atom is 0.321 e. The molecule has 1 unspecified atom stereocenters. The molecule has 2 saturated heterocycles. The molecule has 0 radical (unpaired) electrons. The summed E-state index contributed by atoms with van der Waals surface area (Å²) in [6.45, 7) is 26.1. The fourth-order valence-electron chi connectivity index (χ4n) is 5.60. The van der Waals surface area contributed by atoms with Crippen LogP contribution < -0.4 is 0 Å². The van der Waals surface area contributed by atoms with Crippen molar-refractivity contribution in [2.45, 2.75) is 158 Å². The minimum absolute atomic E-state index is 0.459. The smallest absolute Gasteiger partial charge is 0.321 e. The molecule has 0 saturated carbocycles. The Hall–Kier alpha value is -2.79. The van der Waals surface area contributed by atoms with Gasteiger partial charge in [0.2, 0.25) is 12.6 Å². The van der Waals surface area contributed by atoms with Crippen LogP contribution in [0.5, 0.6) is 0 Å². The Kier molecular flexibility index (Phi) is 14.1. The number of carbonyl (C=O) groups excluding carboxylic acids is 6. The Balaban J connectivity index is 2.20. The van der Waals surface area contributed by atoms with Crippen LogP contribution >= 0.6 is 22.6 Å². The third-order valence-corrected chi connectivity index (χ3v) is 10.4. The topological polar surface area (TPSA) is 176 Å². The zero-order valence-electron chi connectivity index (χ0n) is 35.2. The quantitative estimate of drug-likeness (QED) is 0.0908. The van der Waals surface area contributed by atoms with Gasteiger partial charge in [-0.1, -0.05) is 28.2 Å². The first kappa shape index (κ1) is 46.6. The van der Waals surface area contributed by atoms with Gasteiger partial charge in [0.1, 0.15) is 22.7 Å². The molecule has 2 heterocycles. The second kappa shape index (κ2) is 16.6. The highest BCUT2D eigenvalue weighted by atomic mass is 127. The van der Waals surface area contributed by atoms with Gasteiger partial charge in [0, 0.05) is 5.92 Å². The second-order valence-electron chi connectivity index (χ2n) is 19.7. The van der Waals surface area contributed by atoms with Gasteiger partial charge >= 0.3 is 35.8 Å². The number of hydrogen-bond donors (Lipinski definition) is 0. The van der Waals surface area contributed by atoms with Gasteiger partial charge in [-0.2, -0.15) is 0 Å². The summed E-state index contributed by atoms with van der Waals surface area (Å²) in [4.78, 5) is 80.3. The molecule has 1 aliphatic carbocycles. The van der Waals surface area contributed by atoms with E-state index in [4.69, 9.17) is 37.9 Å². The molecule has 312 valence electrons. The highest BCUT2D eigenvalue weighted by Crippen LogP contribution is 2.47. The fraction of sp³-hybridized carbons (Fsp3) is 0.800. The van der Waals surface area contributed by atoms with Crippen molar-refractivity contribution in [3.8, 4) is 0 Å². The van der Waals surface area contributed by atoms with Crippen LogP contribution in [-0.2, 0) is 66.7 Å². The first-order valence-electron chi connectivity index (χ1n) is 18.6. The lowest BCUT2D eigenvalue weighted by Gasteiger charge is -2.47. The van der Waals surface area contributed by atoms with Crippen LogP contribution in [-0.4, -0.2) is 89.4 Å². The van der Waals surface area contributed by atoms with Crippen molar-refractivity contribution in [2.24, 2.45) is 38.9 Å². The van der Waals surface area contributed by atoms with Gasteiger partial charge in [-0.3, -0.25) is 28.8 Å². The van der Waals surface area contributed by atoms with E-state index in [0.29, 0.717) is 5.57 Å². The number of cyclic esters (lactones) is 1. The van der Waals surface area contributed by atoms with Crippen molar-refractivity contribution < 1.29 is 66.7 Å². The molecular formula is C40H61IO14. The minimum atomic E-state index is -1.64. The summed E-state index contributed by atoms with van der Waals surface area (Å²) in [5, 5.41) is 0. The van der Waals surface area contributed by atoms with E-state index in [1.165, 1.54) is 0 Å². The van der Waals surface area contributed by atoms with Crippen LogP contribution in [0.25, 0.3) is 0 Å². The molecular weight excluding hydrogens is 831 g/mol. The Labute approximate surface area is 338 Å². The maximum absolute atomic E-state index is 13.7. The number of carbonyl (C=O) groups is 6. The van der Waals surface area contributed by atoms with Crippen molar-refractivity contribution in [1.29, 1.82) is 0 Å². The van der Waals surface area contributed by atoms with Crippen molar-refractivity contribution >= 4 is 58.4 Å². The van der Waals surface area contributed by atoms with Crippen LogP contribution in [0.2, 0.25) is 0 Å². The lowest BCUT2D eigenvalue weighted by atomic mass is 9.85. The number of alkyl halides is 1. The molecule has 3 aliphatic rings. The summed E-state index contributed by atoms with van der Waals surface area (Å²) in [5.41, 5.74) is -4.23. The van der Waals surface area contributed by atoms with Crippen LogP contribution in [0.3, 0.4) is 0 Å². The molecule has 0 bridgehead atoms. The van der Waals surface area contributed by atoms with Crippen molar-refractivity contribution in [2.75, 3.05) is 6.61 Å². The average Bonchev–Trinajstić information content (AvgIpc) is 3.34. The molecule has 15 heteroatoms. The molecule has 2 aliphatic heterocycles. The lowest BCUT2D eigenvalue weighted by molar-refractivity contribution is -0.347. The highest BCUT2D eigenvalue weighted by Gasteiger charge is 2.59.